The van der Waals surface area contributed by atoms with E-state index in [9.17, 15) is 9.90 Å². The molecule has 2 aromatic rings. The van der Waals surface area contributed by atoms with Gasteiger partial charge in [0.15, 0.2) is 0 Å². The van der Waals surface area contributed by atoms with E-state index in [0.29, 0.717) is 31.7 Å². The van der Waals surface area contributed by atoms with Crippen LogP contribution in [0.4, 0.5) is 0 Å². The number of β-amino-alcohol motifs (C(OH)–C–C–N with tert-alkyl or cyclic N) is 1. The van der Waals surface area contributed by atoms with Gasteiger partial charge in [0.2, 0.25) is 5.91 Å². The lowest BCUT2D eigenvalue weighted by atomic mass is 9.90. The van der Waals surface area contributed by atoms with Gasteiger partial charge in [-0.1, -0.05) is 30.3 Å². The van der Waals surface area contributed by atoms with Gasteiger partial charge in [-0.05, 0) is 18.4 Å². The lowest BCUT2D eigenvalue weighted by molar-refractivity contribution is -0.144. The molecule has 0 radical (unpaired) electrons. The number of hydrogen-bond donors (Lipinski definition) is 2. The maximum atomic E-state index is 12.3. The van der Waals surface area contributed by atoms with E-state index < -0.39 is 5.60 Å². The number of aromatic amines is 1. The number of benzene rings is 1. The molecule has 122 valence electrons. The Morgan fingerprint density at radius 2 is 2.22 bits per heavy atom. The van der Waals surface area contributed by atoms with Gasteiger partial charge >= 0.3 is 0 Å². The number of aliphatic hydroxyl groups is 1. The molecule has 0 saturated carbocycles. The molecule has 1 aromatic carbocycles. The molecule has 1 unspecified atom stereocenters. The van der Waals surface area contributed by atoms with Crippen molar-refractivity contribution in [1.29, 1.82) is 0 Å². The van der Waals surface area contributed by atoms with Crippen molar-refractivity contribution in [2.75, 3.05) is 19.7 Å². The van der Waals surface area contributed by atoms with Gasteiger partial charge in [-0.15, -0.1) is 0 Å². The molecule has 1 saturated heterocycles. The number of likely N-dealkylation sites (tertiary alicyclic amines) is 1. The van der Waals surface area contributed by atoms with Crippen LogP contribution in [-0.4, -0.2) is 51.0 Å². The summed E-state index contributed by atoms with van der Waals surface area (Å²) in [6.45, 7) is 1.23. The molecule has 7 heteroatoms. The summed E-state index contributed by atoms with van der Waals surface area (Å²) in [5, 5.41) is 20.9. The maximum Gasteiger partial charge on any atom is 0.248 e. The second kappa shape index (κ2) is 6.89. The SMILES string of the molecule is O=C(COCc1ccccc1)N1CCCC(O)(c2cn[nH]n2)C1. The van der Waals surface area contributed by atoms with Crippen LogP contribution in [0.5, 0.6) is 0 Å². The van der Waals surface area contributed by atoms with Gasteiger partial charge in [-0.25, -0.2) is 0 Å². The van der Waals surface area contributed by atoms with E-state index in [1.807, 2.05) is 30.3 Å². The van der Waals surface area contributed by atoms with Crippen LogP contribution in [0, 0.1) is 0 Å². The monoisotopic (exact) mass is 316 g/mol. The number of aromatic nitrogens is 3. The van der Waals surface area contributed by atoms with Crippen molar-refractivity contribution in [3.05, 3.63) is 47.8 Å². The van der Waals surface area contributed by atoms with E-state index in [1.165, 1.54) is 6.20 Å². The summed E-state index contributed by atoms with van der Waals surface area (Å²) in [6.07, 6.45) is 2.78. The molecule has 0 spiro atoms. The summed E-state index contributed by atoms with van der Waals surface area (Å²) in [5.41, 5.74) is 0.360. The fourth-order valence-corrected chi connectivity index (χ4v) is 2.81. The molecule has 7 nitrogen and oxygen atoms in total. The van der Waals surface area contributed by atoms with Crippen molar-refractivity contribution in [3.8, 4) is 0 Å². The summed E-state index contributed by atoms with van der Waals surface area (Å²) < 4.78 is 5.49. The minimum atomic E-state index is -1.14. The quantitative estimate of drug-likeness (QED) is 0.852. The molecule has 1 amide bonds. The van der Waals surface area contributed by atoms with Crippen molar-refractivity contribution in [2.45, 2.75) is 25.0 Å². The second-order valence-electron chi connectivity index (χ2n) is 5.78. The Morgan fingerprint density at radius 1 is 1.39 bits per heavy atom. The molecule has 2 heterocycles. The Labute approximate surface area is 134 Å². The number of amides is 1. The van der Waals surface area contributed by atoms with Gasteiger partial charge in [0.05, 0.1) is 19.3 Å². The first-order valence-electron chi connectivity index (χ1n) is 7.65. The van der Waals surface area contributed by atoms with E-state index in [4.69, 9.17) is 4.74 Å². The highest BCUT2D eigenvalue weighted by Gasteiger charge is 2.38. The topological polar surface area (TPSA) is 91.3 Å². The number of nitrogens with one attached hydrogen (secondary N) is 1. The van der Waals surface area contributed by atoms with Gasteiger partial charge < -0.3 is 14.7 Å². The van der Waals surface area contributed by atoms with Crippen LogP contribution in [0.2, 0.25) is 0 Å². The predicted octanol–water partition coefficient (Wildman–Crippen LogP) is 0.832. The first-order chi connectivity index (χ1) is 11.2. The van der Waals surface area contributed by atoms with E-state index in [1.54, 1.807) is 4.90 Å². The third-order valence-electron chi connectivity index (χ3n) is 4.05. The molecular weight excluding hydrogens is 296 g/mol. The molecule has 0 bridgehead atoms. The molecule has 1 atom stereocenters. The summed E-state index contributed by atoms with van der Waals surface area (Å²) in [5.74, 6) is -0.123. The first kappa shape index (κ1) is 15.6. The Kier molecular flexibility index (Phi) is 4.68. The average Bonchev–Trinajstić information content (AvgIpc) is 3.11. The van der Waals surface area contributed by atoms with Crippen molar-refractivity contribution >= 4 is 5.91 Å². The molecule has 1 fully saturated rings. The zero-order chi connectivity index (χ0) is 16.1. The minimum absolute atomic E-state index is 0.00376. The lowest BCUT2D eigenvalue weighted by Crippen LogP contribution is -2.49. The molecule has 0 aliphatic carbocycles. The van der Waals surface area contributed by atoms with Gasteiger partial charge in [0.1, 0.15) is 17.9 Å². The number of H-pyrrole nitrogens is 1. The Morgan fingerprint density at radius 3 is 2.96 bits per heavy atom. The van der Waals surface area contributed by atoms with E-state index in [0.717, 1.165) is 5.56 Å². The fourth-order valence-electron chi connectivity index (χ4n) is 2.81. The smallest absolute Gasteiger partial charge is 0.248 e. The summed E-state index contributed by atoms with van der Waals surface area (Å²) in [4.78, 5) is 13.9. The van der Waals surface area contributed by atoms with Gasteiger partial charge in [0, 0.05) is 6.54 Å². The van der Waals surface area contributed by atoms with Crippen LogP contribution in [0.15, 0.2) is 36.5 Å². The minimum Gasteiger partial charge on any atom is -0.382 e. The van der Waals surface area contributed by atoms with Crippen molar-refractivity contribution in [3.63, 3.8) is 0 Å². The van der Waals surface area contributed by atoms with Gasteiger partial charge in [-0.2, -0.15) is 15.4 Å². The van der Waals surface area contributed by atoms with Gasteiger partial charge in [-0.3, -0.25) is 4.79 Å². The highest BCUT2D eigenvalue weighted by molar-refractivity contribution is 5.77. The second-order valence-corrected chi connectivity index (χ2v) is 5.78. The first-order valence-corrected chi connectivity index (χ1v) is 7.65. The van der Waals surface area contributed by atoms with Crippen LogP contribution >= 0.6 is 0 Å². The number of carbonyl (C=O) groups is 1. The number of nitrogens with zero attached hydrogens (tertiary/aromatic N) is 3. The largest absolute Gasteiger partial charge is 0.382 e. The van der Waals surface area contributed by atoms with Crippen molar-refractivity contribution in [1.82, 2.24) is 20.3 Å². The summed E-state index contributed by atoms with van der Waals surface area (Å²) in [7, 11) is 0. The molecule has 1 aliphatic heterocycles. The third-order valence-corrected chi connectivity index (χ3v) is 4.05. The zero-order valence-electron chi connectivity index (χ0n) is 12.8. The number of rotatable bonds is 5. The Hall–Kier alpha value is -2.25. The fraction of sp³-hybridized carbons (Fsp3) is 0.438. The molecular formula is C16H20N4O3. The number of piperidine rings is 1. The van der Waals surface area contributed by atoms with E-state index >= 15 is 0 Å². The van der Waals surface area contributed by atoms with Crippen LogP contribution in [0.1, 0.15) is 24.1 Å². The van der Waals surface area contributed by atoms with Crippen LogP contribution in [0.25, 0.3) is 0 Å². The Balaban J connectivity index is 1.53. The lowest BCUT2D eigenvalue weighted by Gasteiger charge is -2.37. The third kappa shape index (κ3) is 3.75. The number of hydrogen-bond acceptors (Lipinski definition) is 5. The molecule has 1 aliphatic rings. The standard InChI is InChI=1S/C16H20N4O3/c21-15(11-23-10-13-5-2-1-3-6-13)20-8-4-7-16(22,12-20)14-9-17-19-18-14/h1-3,5-6,9,22H,4,7-8,10-12H2,(H,17,18,19). The maximum absolute atomic E-state index is 12.3. The average molecular weight is 316 g/mol. The summed E-state index contributed by atoms with van der Waals surface area (Å²) in [6, 6.07) is 9.71. The normalized spacial score (nSPS) is 21.3. The van der Waals surface area contributed by atoms with Gasteiger partial charge in [0.25, 0.3) is 0 Å². The highest BCUT2D eigenvalue weighted by atomic mass is 16.5. The molecule has 1 aromatic heterocycles. The molecule has 3 rings (SSSR count). The molecule has 2 N–H and O–H groups in total. The van der Waals surface area contributed by atoms with E-state index in [-0.39, 0.29) is 19.1 Å². The Bertz CT molecular complexity index is 632. The number of carbonyl (C=O) groups excluding carboxylic acids is 1. The summed E-state index contributed by atoms with van der Waals surface area (Å²) >= 11 is 0. The highest BCUT2D eigenvalue weighted by Crippen LogP contribution is 2.29. The number of ether oxygens (including phenoxy) is 1. The van der Waals surface area contributed by atoms with Crippen LogP contribution < -0.4 is 0 Å². The van der Waals surface area contributed by atoms with E-state index in [2.05, 4.69) is 15.4 Å². The predicted molar refractivity (Wildman–Crippen MR) is 82.2 cm³/mol. The van der Waals surface area contributed by atoms with Crippen molar-refractivity contribution < 1.29 is 14.6 Å². The molecule has 23 heavy (non-hydrogen) atoms. The van der Waals surface area contributed by atoms with Crippen LogP contribution in [-0.2, 0) is 21.7 Å². The zero-order valence-corrected chi connectivity index (χ0v) is 12.8. The van der Waals surface area contributed by atoms with Crippen molar-refractivity contribution in [2.24, 2.45) is 0 Å². The van der Waals surface area contributed by atoms with Crippen LogP contribution in [0.3, 0.4) is 0 Å².